The number of carbonyl (C=O) groups is 1. The number of aliphatic imine (C=N–C) groups is 1. The summed E-state index contributed by atoms with van der Waals surface area (Å²) in [6.07, 6.45) is 7.40. The molecule has 2 N–H and O–H groups in total. The summed E-state index contributed by atoms with van der Waals surface area (Å²) in [5.41, 5.74) is 0.676. The van der Waals surface area contributed by atoms with Gasteiger partial charge in [0.2, 0.25) is 5.91 Å². The van der Waals surface area contributed by atoms with Crippen molar-refractivity contribution in [1.29, 1.82) is 0 Å². The Bertz CT molecular complexity index is 740. The van der Waals surface area contributed by atoms with Gasteiger partial charge in [-0.25, -0.2) is 4.39 Å². The highest BCUT2D eigenvalue weighted by atomic mass is 19.1. The van der Waals surface area contributed by atoms with Gasteiger partial charge < -0.3 is 15.5 Å². The van der Waals surface area contributed by atoms with Gasteiger partial charge in [0.05, 0.1) is 0 Å². The number of likely N-dealkylation sites (tertiary alicyclic amines) is 1. The molecule has 6 heteroatoms. The largest absolute Gasteiger partial charge is 0.356 e. The third-order valence-corrected chi connectivity index (χ3v) is 6.66. The van der Waals surface area contributed by atoms with Crippen LogP contribution in [0.3, 0.4) is 0 Å². The topological polar surface area (TPSA) is 56.7 Å². The van der Waals surface area contributed by atoms with Crippen molar-refractivity contribution in [3.63, 3.8) is 0 Å². The molecule has 1 aromatic carbocycles. The molecule has 0 aromatic heterocycles. The predicted molar refractivity (Wildman–Crippen MR) is 109 cm³/mol. The van der Waals surface area contributed by atoms with E-state index in [1.165, 1.54) is 18.9 Å². The Morgan fingerprint density at radius 2 is 2.00 bits per heavy atom. The van der Waals surface area contributed by atoms with Gasteiger partial charge >= 0.3 is 0 Å². The molecule has 0 bridgehead atoms. The second-order valence-electron chi connectivity index (χ2n) is 8.58. The van der Waals surface area contributed by atoms with E-state index in [1.54, 1.807) is 13.1 Å². The molecule has 1 aromatic rings. The number of guanidine groups is 1. The van der Waals surface area contributed by atoms with Gasteiger partial charge in [-0.3, -0.25) is 9.79 Å². The Morgan fingerprint density at radius 3 is 2.68 bits per heavy atom. The normalized spacial score (nSPS) is 24.4. The van der Waals surface area contributed by atoms with Crippen molar-refractivity contribution >= 4 is 11.9 Å². The fourth-order valence-electron chi connectivity index (χ4n) is 4.73. The van der Waals surface area contributed by atoms with Crippen LogP contribution in [0.25, 0.3) is 0 Å². The molecule has 0 spiro atoms. The lowest BCUT2D eigenvalue weighted by molar-refractivity contribution is -0.134. The van der Waals surface area contributed by atoms with Gasteiger partial charge in [0.15, 0.2) is 5.96 Å². The molecule has 1 saturated heterocycles. The number of nitrogens with one attached hydrogen (secondary N) is 2. The van der Waals surface area contributed by atoms with Gasteiger partial charge in [0.25, 0.3) is 0 Å². The average molecular weight is 387 g/mol. The molecule has 1 amide bonds. The molecule has 1 aliphatic heterocycles. The van der Waals surface area contributed by atoms with Crippen LogP contribution in [-0.2, 0) is 10.2 Å². The molecule has 1 heterocycles. The summed E-state index contributed by atoms with van der Waals surface area (Å²) < 4.78 is 14.2. The summed E-state index contributed by atoms with van der Waals surface area (Å²) >= 11 is 0. The zero-order chi connectivity index (χ0) is 19.6. The van der Waals surface area contributed by atoms with Crippen molar-refractivity contribution < 1.29 is 9.18 Å². The SMILES string of the molecule is CN=C(NCC1(c2ccccc2F)CC1)NC1CCN(C(=O)C2CCCC2)C1. The van der Waals surface area contributed by atoms with E-state index in [4.69, 9.17) is 0 Å². The molecule has 1 unspecified atom stereocenters. The number of hydrogen-bond acceptors (Lipinski definition) is 2. The summed E-state index contributed by atoms with van der Waals surface area (Å²) in [7, 11) is 1.76. The van der Waals surface area contributed by atoms with Crippen LogP contribution in [0.1, 0.15) is 50.5 Å². The monoisotopic (exact) mass is 386 g/mol. The lowest BCUT2D eigenvalue weighted by atomic mass is 9.95. The number of rotatable bonds is 5. The lowest BCUT2D eigenvalue weighted by Crippen LogP contribution is -2.47. The van der Waals surface area contributed by atoms with Crippen LogP contribution >= 0.6 is 0 Å². The number of carbonyl (C=O) groups excluding carboxylic acids is 1. The van der Waals surface area contributed by atoms with E-state index in [2.05, 4.69) is 15.6 Å². The molecular weight excluding hydrogens is 355 g/mol. The molecule has 2 aliphatic carbocycles. The molecule has 3 aliphatic rings. The van der Waals surface area contributed by atoms with E-state index in [-0.39, 0.29) is 23.2 Å². The Balaban J connectivity index is 1.29. The molecule has 2 saturated carbocycles. The maximum Gasteiger partial charge on any atom is 0.225 e. The Hall–Kier alpha value is -2.11. The number of nitrogens with zero attached hydrogens (tertiary/aromatic N) is 2. The summed E-state index contributed by atoms with van der Waals surface area (Å²) in [4.78, 5) is 19.0. The summed E-state index contributed by atoms with van der Waals surface area (Å²) in [5, 5.41) is 6.85. The smallest absolute Gasteiger partial charge is 0.225 e. The molecule has 152 valence electrons. The Morgan fingerprint density at radius 1 is 1.25 bits per heavy atom. The van der Waals surface area contributed by atoms with Gasteiger partial charge in [0.1, 0.15) is 5.82 Å². The van der Waals surface area contributed by atoms with Gasteiger partial charge in [-0.05, 0) is 43.7 Å². The van der Waals surface area contributed by atoms with Crippen molar-refractivity contribution in [3.05, 3.63) is 35.6 Å². The Labute approximate surface area is 166 Å². The van der Waals surface area contributed by atoms with Crippen LogP contribution in [0.15, 0.2) is 29.3 Å². The maximum atomic E-state index is 14.2. The Kier molecular flexibility index (Phi) is 5.56. The number of benzene rings is 1. The molecule has 3 fully saturated rings. The predicted octanol–water partition coefficient (Wildman–Crippen LogP) is 2.81. The highest BCUT2D eigenvalue weighted by molar-refractivity contribution is 5.81. The van der Waals surface area contributed by atoms with Crippen molar-refractivity contribution in [1.82, 2.24) is 15.5 Å². The standard InChI is InChI=1S/C22H31FN4O/c1-24-21(25-15-22(11-12-22)18-8-4-5-9-19(18)23)26-17-10-13-27(14-17)20(28)16-6-2-3-7-16/h4-5,8-9,16-17H,2-3,6-7,10-15H2,1H3,(H2,24,25,26). The van der Waals surface area contributed by atoms with E-state index >= 15 is 0 Å². The van der Waals surface area contributed by atoms with Crippen LogP contribution in [0, 0.1) is 11.7 Å². The second kappa shape index (κ2) is 8.10. The van der Waals surface area contributed by atoms with E-state index in [9.17, 15) is 9.18 Å². The summed E-state index contributed by atoms with van der Waals surface area (Å²) in [5.74, 6) is 1.19. The van der Waals surface area contributed by atoms with Gasteiger partial charge in [-0.15, -0.1) is 0 Å². The minimum Gasteiger partial charge on any atom is -0.356 e. The van der Waals surface area contributed by atoms with Crippen molar-refractivity contribution in [2.24, 2.45) is 10.9 Å². The van der Waals surface area contributed by atoms with Gasteiger partial charge in [0, 0.05) is 44.1 Å². The molecule has 5 nitrogen and oxygen atoms in total. The minimum absolute atomic E-state index is 0.122. The first-order valence-electron chi connectivity index (χ1n) is 10.6. The van der Waals surface area contributed by atoms with E-state index in [0.29, 0.717) is 12.5 Å². The van der Waals surface area contributed by atoms with Crippen LogP contribution in [0.5, 0.6) is 0 Å². The second-order valence-corrected chi connectivity index (χ2v) is 8.58. The quantitative estimate of drug-likeness (QED) is 0.604. The summed E-state index contributed by atoms with van der Waals surface area (Å²) in [6, 6.07) is 7.29. The third-order valence-electron chi connectivity index (χ3n) is 6.66. The zero-order valence-electron chi connectivity index (χ0n) is 16.7. The molecule has 4 rings (SSSR count). The highest BCUT2D eigenvalue weighted by Gasteiger charge is 2.46. The number of amides is 1. The fourth-order valence-corrected chi connectivity index (χ4v) is 4.73. The van der Waals surface area contributed by atoms with Gasteiger partial charge in [-0.2, -0.15) is 0 Å². The van der Waals surface area contributed by atoms with E-state index in [1.807, 2.05) is 17.0 Å². The van der Waals surface area contributed by atoms with E-state index < -0.39 is 0 Å². The highest BCUT2D eigenvalue weighted by Crippen LogP contribution is 2.48. The first-order chi connectivity index (χ1) is 13.6. The molecule has 28 heavy (non-hydrogen) atoms. The van der Waals surface area contributed by atoms with Crippen molar-refractivity contribution in [2.45, 2.75) is 56.4 Å². The van der Waals surface area contributed by atoms with Crippen LogP contribution < -0.4 is 10.6 Å². The maximum absolute atomic E-state index is 14.2. The van der Waals surface area contributed by atoms with Crippen LogP contribution in [0.2, 0.25) is 0 Å². The van der Waals surface area contributed by atoms with Gasteiger partial charge in [-0.1, -0.05) is 31.0 Å². The van der Waals surface area contributed by atoms with Crippen molar-refractivity contribution in [3.8, 4) is 0 Å². The first kappa shape index (κ1) is 19.2. The fraction of sp³-hybridized carbons (Fsp3) is 0.636. The minimum atomic E-state index is -0.124. The third kappa shape index (κ3) is 4.01. The average Bonchev–Trinajstić information content (AvgIpc) is 3.11. The zero-order valence-corrected chi connectivity index (χ0v) is 16.7. The van der Waals surface area contributed by atoms with Crippen LogP contribution in [-0.4, -0.2) is 49.5 Å². The molecule has 0 radical (unpaired) electrons. The number of halogens is 1. The van der Waals surface area contributed by atoms with Crippen LogP contribution in [0.4, 0.5) is 4.39 Å². The van der Waals surface area contributed by atoms with Crippen molar-refractivity contribution in [2.75, 3.05) is 26.7 Å². The molecular formula is C22H31FN4O. The van der Waals surface area contributed by atoms with E-state index in [0.717, 1.165) is 56.7 Å². The lowest BCUT2D eigenvalue weighted by Gasteiger charge is -2.23. The summed E-state index contributed by atoms with van der Waals surface area (Å²) in [6.45, 7) is 2.24. The molecule has 1 atom stereocenters. The first-order valence-corrected chi connectivity index (χ1v) is 10.6. The number of hydrogen-bond donors (Lipinski definition) is 2.